The molecule has 0 aliphatic rings. The van der Waals surface area contributed by atoms with E-state index < -0.39 is 0 Å². The molecule has 1 heterocycles. The van der Waals surface area contributed by atoms with Gasteiger partial charge in [0.05, 0.1) is 6.04 Å². The zero-order chi connectivity index (χ0) is 10.4. The third kappa shape index (κ3) is 3.18. The summed E-state index contributed by atoms with van der Waals surface area (Å²) in [4.78, 5) is 0. The van der Waals surface area contributed by atoms with Crippen molar-refractivity contribution < 1.29 is 4.42 Å². The van der Waals surface area contributed by atoms with E-state index in [0.29, 0.717) is 17.6 Å². The van der Waals surface area contributed by atoms with Crippen LogP contribution < -0.4 is 11.1 Å². The smallest absolute Gasteiger partial charge is 0.169 e. The van der Waals surface area contributed by atoms with Crippen molar-refractivity contribution in [3.63, 3.8) is 0 Å². The maximum atomic E-state index is 5.61. The lowest BCUT2D eigenvalue weighted by Crippen LogP contribution is -2.28. The molecule has 14 heavy (non-hydrogen) atoms. The summed E-state index contributed by atoms with van der Waals surface area (Å²) in [5.41, 5.74) is 5.61. The van der Waals surface area contributed by atoms with Crippen molar-refractivity contribution in [1.29, 1.82) is 0 Å². The second kappa shape index (κ2) is 5.86. The molecule has 4 heteroatoms. The van der Waals surface area contributed by atoms with Crippen LogP contribution in [-0.4, -0.2) is 13.1 Å². The van der Waals surface area contributed by atoms with Crippen LogP contribution in [0.4, 0.5) is 0 Å². The quantitative estimate of drug-likeness (QED) is 0.623. The van der Waals surface area contributed by atoms with E-state index in [1.807, 2.05) is 12.1 Å². The average molecular weight is 257 g/mol. The predicted molar refractivity (Wildman–Crippen MR) is 59.7 cm³/mol. The van der Waals surface area contributed by atoms with E-state index in [0.717, 1.165) is 12.3 Å². The van der Waals surface area contributed by atoms with Gasteiger partial charge in [0.2, 0.25) is 0 Å². The molecule has 0 saturated heterocycles. The van der Waals surface area contributed by atoms with Crippen LogP contribution in [0.1, 0.15) is 18.2 Å². The van der Waals surface area contributed by atoms with Gasteiger partial charge < -0.3 is 15.5 Å². The standard InChI is InChI=1S/C10H13BrN2O/c1-2-3-6-13-8(7-12)9-4-5-10(11)14-9/h1,4-5,8,13H,3,6-7,12H2. The van der Waals surface area contributed by atoms with Crippen molar-refractivity contribution in [2.24, 2.45) is 5.73 Å². The van der Waals surface area contributed by atoms with E-state index in [-0.39, 0.29) is 6.04 Å². The normalized spacial score (nSPS) is 12.4. The lowest BCUT2D eigenvalue weighted by Gasteiger charge is -2.12. The van der Waals surface area contributed by atoms with Gasteiger partial charge in [-0.2, -0.15) is 0 Å². The first-order valence-corrected chi connectivity index (χ1v) is 5.19. The van der Waals surface area contributed by atoms with Crippen molar-refractivity contribution in [3.8, 4) is 12.3 Å². The fraction of sp³-hybridized carbons (Fsp3) is 0.400. The highest BCUT2D eigenvalue weighted by Crippen LogP contribution is 2.19. The van der Waals surface area contributed by atoms with Gasteiger partial charge in [-0.1, -0.05) is 0 Å². The Balaban J connectivity index is 2.50. The third-order valence-electron chi connectivity index (χ3n) is 1.83. The zero-order valence-corrected chi connectivity index (χ0v) is 9.38. The minimum Gasteiger partial charge on any atom is -0.453 e. The maximum Gasteiger partial charge on any atom is 0.169 e. The summed E-state index contributed by atoms with van der Waals surface area (Å²) in [7, 11) is 0. The highest BCUT2D eigenvalue weighted by atomic mass is 79.9. The Morgan fingerprint density at radius 1 is 1.64 bits per heavy atom. The van der Waals surface area contributed by atoms with Crippen LogP contribution >= 0.6 is 15.9 Å². The second-order valence-corrected chi connectivity index (χ2v) is 3.62. The lowest BCUT2D eigenvalue weighted by atomic mass is 10.2. The number of rotatable bonds is 5. The van der Waals surface area contributed by atoms with Crippen molar-refractivity contribution in [3.05, 3.63) is 22.6 Å². The summed E-state index contributed by atoms with van der Waals surface area (Å²) in [6.45, 7) is 1.24. The number of furan rings is 1. The van der Waals surface area contributed by atoms with Gasteiger partial charge in [-0.15, -0.1) is 12.3 Å². The third-order valence-corrected chi connectivity index (χ3v) is 2.26. The molecular formula is C10H13BrN2O. The first-order valence-electron chi connectivity index (χ1n) is 4.40. The Morgan fingerprint density at radius 3 is 2.93 bits per heavy atom. The van der Waals surface area contributed by atoms with Gasteiger partial charge in [0, 0.05) is 19.5 Å². The topological polar surface area (TPSA) is 51.2 Å². The highest BCUT2D eigenvalue weighted by molar-refractivity contribution is 9.10. The SMILES string of the molecule is C#CCCNC(CN)c1ccc(Br)o1. The Kier molecular flexibility index (Phi) is 4.74. The average Bonchev–Trinajstić information content (AvgIpc) is 2.60. The van der Waals surface area contributed by atoms with Crippen molar-refractivity contribution in [1.82, 2.24) is 5.32 Å². The largest absolute Gasteiger partial charge is 0.453 e. The van der Waals surface area contributed by atoms with Crippen molar-refractivity contribution >= 4 is 15.9 Å². The van der Waals surface area contributed by atoms with Crippen LogP contribution in [0.25, 0.3) is 0 Å². The predicted octanol–water partition coefficient (Wildman–Crippen LogP) is 1.65. The molecule has 0 saturated carbocycles. The molecule has 0 fully saturated rings. The van der Waals surface area contributed by atoms with Crippen LogP contribution in [0, 0.1) is 12.3 Å². The Hall–Kier alpha value is -0.760. The van der Waals surface area contributed by atoms with Gasteiger partial charge >= 0.3 is 0 Å². The molecule has 0 spiro atoms. The van der Waals surface area contributed by atoms with E-state index in [2.05, 4.69) is 27.2 Å². The molecule has 0 bridgehead atoms. The van der Waals surface area contributed by atoms with Gasteiger partial charge in [-0.25, -0.2) is 0 Å². The minimum absolute atomic E-state index is 0.0367. The van der Waals surface area contributed by atoms with Gasteiger partial charge in [0.15, 0.2) is 4.67 Å². The van der Waals surface area contributed by atoms with Gasteiger partial charge in [-0.3, -0.25) is 0 Å². The highest BCUT2D eigenvalue weighted by Gasteiger charge is 2.12. The molecule has 1 unspecified atom stereocenters. The summed E-state index contributed by atoms with van der Waals surface area (Å²) in [5, 5.41) is 3.22. The number of nitrogens with two attached hydrogens (primary N) is 1. The Labute approximate surface area is 92.2 Å². The lowest BCUT2D eigenvalue weighted by molar-refractivity contribution is 0.409. The molecule has 1 rings (SSSR count). The zero-order valence-electron chi connectivity index (χ0n) is 7.79. The number of nitrogens with one attached hydrogen (secondary N) is 1. The number of terminal acetylenes is 1. The van der Waals surface area contributed by atoms with Crippen LogP contribution in [0.3, 0.4) is 0 Å². The summed E-state index contributed by atoms with van der Waals surface area (Å²) < 4.78 is 6.10. The molecule has 1 atom stereocenters. The van der Waals surface area contributed by atoms with Gasteiger partial charge in [0.1, 0.15) is 5.76 Å². The first-order chi connectivity index (χ1) is 6.77. The summed E-state index contributed by atoms with van der Waals surface area (Å²) in [5.74, 6) is 3.39. The van der Waals surface area contributed by atoms with E-state index in [4.69, 9.17) is 16.6 Å². The molecule has 3 N–H and O–H groups in total. The van der Waals surface area contributed by atoms with Gasteiger partial charge in [0.25, 0.3) is 0 Å². The summed E-state index contributed by atoms with van der Waals surface area (Å²) in [6, 6.07) is 3.78. The molecule has 1 aromatic rings. The maximum absolute atomic E-state index is 5.61. The monoisotopic (exact) mass is 256 g/mol. The summed E-state index contributed by atoms with van der Waals surface area (Å²) in [6.07, 6.45) is 5.84. The van der Waals surface area contributed by atoms with Crippen LogP contribution in [0.2, 0.25) is 0 Å². The molecule has 3 nitrogen and oxygen atoms in total. The molecule has 0 amide bonds. The molecule has 0 aliphatic carbocycles. The summed E-state index contributed by atoms with van der Waals surface area (Å²) >= 11 is 3.24. The Morgan fingerprint density at radius 2 is 2.43 bits per heavy atom. The minimum atomic E-state index is 0.0367. The fourth-order valence-electron chi connectivity index (χ4n) is 1.13. The molecular weight excluding hydrogens is 244 g/mol. The molecule has 76 valence electrons. The van der Waals surface area contributed by atoms with Crippen LogP contribution in [0.5, 0.6) is 0 Å². The molecule has 0 aromatic carbocycles. The number of hydrogen-bond donors (Lipinski definition) is 2. The van der Waals surface area contributed by atoms with E-state index in [9.17, 15) is 0 Å². The second-order valence-electron chi connectivity index (χ2n) is 2.84. The van der Waals surface area contributed by atoms with Crippen molar-refractivity contribution in [2.45, 2.75) is 12.5 Å². The first kappa shape index (κ1) is 11.3. The van der Waals surface area contributed by atoms with Gasteiger partial charge in [-0.05, 0) is 28.1 Å². The van der Waals surface area contributed by atoms with E-state index >= 15 is 0 Å². The molecule has 0 aliphatic heterocycles. The molecule has 0 radical (unpaired) electrons. The number of hydrogen-bond acceptors (Lipinski definition) is 3. The van der Waals surface area contributed by atoms with E-state index in [1.165, 1.54) is 0 Å². The van der Waals surface area contributed by atoms with Crippen LogP contribution in [-0.2, 0) is 0 Å². The Bertz CT molecular complexity index is 316. The molecule has 1 aromatic heterocycles. The number of halogens is 1. The van der Waals surface area contributed by atoms with E-state index in [1.54, 1.807) is 0 Å². The fourth-order valence-corrected chi connectivity index (χ4v) is 1.45. The van der Waals surface area contributed by atoms with Crippen LogP contribution in [0.15, 0.2) is 21.2 Å². The van der Waals surface area contributed by atoms with Crippen molar-refractivity contribution in [2.75, 3.05) is 13.1 Å².